The highest BCUT2D eigenvalue weighted by Crippen LogP contribution is 2.14. The van der Waals surface area contributed by atoms with Gasteiger partial charge in [-0.2, -0.15) is 0 Å². The maximum atomic E-state index is 12.8. The van der Waals surface area contributed by atoms with Crippen LogP contribution in [0.2, 0.25) is 0 Å². The van der Waals surface area contributed by atoms with Crippen molar-refractivity contribution in [3.8, 4) is 5.88 Å². The third-order valence-electron chi connectivity index (χ3n) is 3.79. The van der Waals surface area contributed by atoms with Crippen molar-refractivity contribution in [2.24, 2.45) is 0 Å². The molecule has 1 aliphatic rings. The van der Waals surface area contributed by atoms with Gasteiger partial charge in [0.2, 0.25) is 5.88 Å². The summed E-state index contributed by atoms with van der Waals surface area (Å²) in [5, 5.41) is 2.82. The molecule has 1 aliphatic heterocycles. The van der Waals surface area contributed by atoms with E-state index in [4.69, 9.17) is 9.47 Å². The molecule has 0 saturated carbocycles. The van der Waals surface area contributed by atoms with Gasteiger partial charge in [0.15, 0.2) is 0 Å². The first-order chi connectivity index (χ1) is 11.7. The molecule has 1 N–H and O–H groups in total. The molecule has 0 radical (unpaired) electrons. The fourth-order valence-electron chi connectivity index (χ4n) is 2.43. The number of nitrogens with zero attached hydrogens (tertiary/aromatic N) is 1. The van der Waals surface area contributed by atoms with Gasteiger partial charge >= 0.3 is 0 Å². The number of aromatic nitrogens is 1. The van der Waals surface area contributed by atoms with Gasteiger partial charge < -0.3 is 14.8 Å². The van der Waals surface area contributed by atoms with Crippen LogP contribution in [0.5, 0.6) is 5.88 Å². The summed E-state index contributed by atoms with van der Waals surface area (Å²) in [6, 6.07) is 9.62. The number of rotatable bonds is 6. The second-order valence-corrected chi connectivity index (χ2v) is 5.62. The Hall–Kier alpha value is -2.47. The van der Waals surface area contributed by atoms with Crippen molar-refractivity contribution in [1.82, 2.24) is 10.3 Å². The van der Waals surface area contributed by atoms with Gasteiger partial charge in [0.05, 0.1) is 18.8 Å². The lowest BCUT2D eigenvalue weighted by molar-refractivity contribution is 0.0953. The Morgan fingerprint density at radius 2 is 2.12 bits per heavy atom. The molecule has 2 aromatic rings. The topological polar surface area (TPSA) is 60.5 Å². The van der Waals surface area contributed by atoms with E-state index in [1.165, 1.54) is 18.3 Å². The molecular weight excluding hydrogens is 311 g/mol. The molecule has 1 saturated heterocycles. The molecule has 0 spiro atoms. The summed E-state index contributed by atoms with van der Waals surface area (Å²) in [7, 11) is 0. The van der Waals surface area contributed by atoms with E-state index in [-0.39, 0.29) is 17.8 Å². The monoisotopic (exact) mass is 330 g/mol. The normalized spacial score (nSPS) is 16.8. The zero-order valence-electron chi connectivity index (χ0n) is 13.2. The molecule has 6 heteroatoms. The molecule has 126 valence electrons. The van der Waals surface area contributed by atoms with Gasteiger partial charge in [-0.1, -0.05) is 12.1 Å². The van der Waals surface area contributed by atoms with Crippen LogP contribution >= 0.6 is 0 Å². The zero-order chi connectivity index (χ0) is 16.8. The van der Waals surface area contributed by atoms with Gasteiger partial charge in [-0.3, -0.25) is 4.79 Å². The van der Waals surface area contributed by atoms with Gasteiger partial charge in [0.25, 0.3) is 5.91 Å². The van der Waals surface area contributed by atoms with Crippen LogP contribution in [-0.2, 0) is 11.2 Å². The van der Waals surface area contributed by atoms with Crippen LogP contribution in [-0.4, -0.2) is 36.8 Å². The fraction of sp³-hybridized carbons (Fsp3) is 0.333. The molecule has 1 aromatic heterocycles. The first kappa shape index (κ1) is 16.4. The quantitative estimate of drug-likeness (QED) is 0.883. The molecule has 0 bridgehead atoms. The molecule has 1 fully saturated rings. The SMILES string of the molecule is O=C(NCCc1ccc(F)cc1)c1ccc(OC2CCOC2)nc1. The maximum absolute atomic E-state index is 12.8. The average molecular weight is 330 g/mol. The fourth-order valence-corrected chi connectivity index (χ4v) is 2.43. The van der Waals surface area contributed by atoms with Crippen LogP contribution in [0.4, 0.5) is 4.39 Å². The number of benzene rings is 1. The van der Waals surface area contributed by atoms with E-state index in [2.05, 4.69) is 10.3 Å². The van der Waals surface area contributed by atoms with Crippen molar-refractivity contribution < 1.29 is 18.7 Å². The molecule has 5 nitrogen and oxygen atoms in total. The minimum atomic E-state index is -0.264. The lowest BCUT2D eigenvalue weighted by Crippen LogP contribution is -2.25. The van der Waals surface area contributed by atoms with Crippen LogP contribution in [0, 0.1) is 5.82 Å². The molecule has 24 heavy (non-hydrogen) atoms. The van der Waals surface area contributed by atoms with E-state index in [0.29, 0.717) is 37.6 Å². The predicted molar refractivity (Wildman–Crippen MR) is 86.5 cm³/mol. The Labute approximate surface area is 139 Å². The number of pyridine rings is 1. The largest absolute Gasteiger partial charge is 0.472 e. The van der Waals surface area contributed by atoms with E-state index < -0.39 is 0 Å². The average Bonchev–Trinajstić information content (AvgIpc) is 3.10. The van der Waals surface area contributed by atoms with Gasteiger partial charge in [-0.15, -0.1) is 0 Å². The van der Waals surface area contributed by atoms with E-state index in [1.807, 2.05) is 0 Å². The second-order valence-electron chi connectivity index (χ2n) is 5.62. The number of hydrogen-bond donors (Lipinski definition) is 1. The standard InChI is InChI=1S/C18H19FN2O3/c19-15-4-1-13(2-5-15)7-9-20-18(22)14-3-6-17(21-11-14)24-16-8-10-23-12-16/h1-6,11,16H,7-10,12H2,(H,20,22). The molecule has 0 aliphatic carbocycles. The molecule has 1 unspecified atom stereocenters. The first-order valence-electron chi connectivity index (χ1n) is 7.94. The Morgan fingerprint density at radius 3 is 2.79 bits per heavy atom. The third-order valence-corrected chi connectivity index (χ3v) is 3.79. The van der Waals surface area contributed by atoms with Crippen LogP contribution in [0.25, 0.3) is 0 Å². The van der Waals surface area contributed by atoms with E-state index in [9.17, 15) is 9.18 Å². The lowest BCUT2D eigenvalue weighted by Gasteiger charge is -2.11. The number of hydrogen-bond acceptors (Lipinski definition) is 4. The molecule has 3 rings (SSSR count). The maximum Gasteiger partial charge on any atom is 0.252 e. The Morgan fingerprint density at radius 1 is 1.29 bits per heavy atom. The van der Waals surface area contributed by atoms with Gasteiger partial charge in [-0.25, -0.2) is 9.37 Å². The van der Waals surface area contributed by atoms with Crippen LogP contribution < -0.4 is 10.1 Å². The second kappa shape index (κ2) is 7.88. The molecule has 1 atom stereocenters. The Bertz CT molecular complexity index is 668. The molecule has 2 heterocycles. The number of ether oxygens (including phenoxy) is 2. The van der Waals surface area contributed by atoms with Crippen molar-refractivity contribution >= 4 is 5.91 Å². The molecule has 1 aromatic carbocycles. The lowest BCUT2D eigenvalue weighted by atomic mass is 10.1. The Balaban J connectivity index is 1.46. The summed E-state index contributed by atoms with van der Waals surface area (Å²) >= 11 is 0. The van der Waals surface area contributed by atoms with E-state index >= 15 is 0 Å². The highest BCUT2D eigenvalue weighted by Gasteiger charge is 2.17. The highest BCUT2D eigenvalue weighted by atomic mass is 19.1. The molecular formula is C18H19FN2O3. The summed E-state index contributed by atoms with van der Waals surface area (Å²) < 4.78 is 23.7. The number of amides is 1. The van der Waals surface area contributed by atoms with Crippen molar-refractivity contribution in [1.29, 1.82) is 0 Å². The van der Waals surface area contributed by atoms with Crippen molar-refractivity contribution in [3.05, 3.63) is 59.5 Å². The van der Waals surface area contributed by atoms with Crippen LogP contribution in [0.1, 0.15) is 22.3 Å². The minimum absolute atomic E-state index is 0.0351. The zero-order valence-corrected chi connectivity index (χ0v) is 13.2. The minimum Gasteiger partial charge on any atom is -0.472 e. The van der Waals surface area contributed by atoms with Gasteiger partial charge in [0.1, 0.15) is 11.9 Å². The smallest absolute Gasteiger partial charge is 0.252 e. The van der Waals surface area contributed by atoms with Crippen molar-refractivity contribution in [2.75, 3.05) is 19.8 Å². The van der Waals surface area contributed by atoms with Gasteiger partial charge in [0, 0.05) is 25.2 Å². The Kier molecular flexibility index (Phi) is 5.38. The summed E-state index contributed by atoms with van der Waals surface area (Å²) in [6.45, 7) is 1.76. The molecule has 1 amide bonds. The summed E-state index contributed by atoms with van der Waals surface area (Å²) in [6.07, 6.45) is 3.03. The highest BCUT2D eigenvalue weighted by molar-refractivity contribution is 5.93. The third kappa shape index (κ3) is 4.52. The number of halogens is 1. The summed E-state index contributed by atoms with van der Waals surface area (Å²) in [5.74, 6) is 0.0362. The summed E-state index contributed by atoms with van der Waals surface area (Å²) in [4.78, 5) is 16.2. The van der Waals surface area contributed by atoms with Gasteiger partial charge in [-0.05, 0) is 30.2 Å². The van der Waals surface area contributed by atoms with Crippen molar-refractivity contribution in [2.45, 2.75) is 18.9 Å². The number of carbonyl (C=O) groups excluding carboxylic acids is 1. The van der Waals surface area contributed by atoms with E-state index in [1.54, 1.807) is 24.3 Å². The first-order valence-corrected chi connectivity index (χ1v) is 7.94. The number of carbonyl (C=O) groups is 1. The summed E-state index contributed by atoms with van der Waals surface area (Å²) in [5.41, 5.74) is 1.45. The van der Waals surface area contributed by atoms with E-state index in [0.717, 1.165) is 12.0 Å². The van der Waals surface area contributed by atoms with Crippen LogP contribution in [0.3, 0.4) is 0 Å². The van der Waals surface area contributed by atoms with Crippen molar-refractivity contribution in [3.63, 3.8) is 0 Å². The van der Waals surface area contributed by atoms with Crippen LogP contribution in [0.15, 0.2) is 42.6 Å². The predicted octanol–water partition coefficient (Wildman–Crippen LogP) is 2.36. The number of nitrogens with one attached hydrogen (secondary N) is 1.